The summed E-state index contributed by atoms with van der Waals surface area (Å²) in [4.78, 5) is 18.5. The summed E-state index contributed by atoms with van der Waals surface area (Å²) in [6, 6.07) is 8.64. The first-order chi connectivity index (χ1) is 12.5. The largest absolute Gasteiger partial charge is 0.463 e. The van der Waals surface area contributed by atoms with E-state index < -0.39 is 16.9 Å². The maximum absolute atomic E-state index is 12.9. The number of carbonyl (C=O) groups excluding carboxylic acids is 1. The summed E-state index contributed by atoms with van der Waals surface area (Å²) >= 11 is 0. The molecule has 1 aromatic heterocycles. The van der Waals surface area contributed by atoms with E-state index in [2.05, 4.69) is 4.98 Å². The number of halogens is 1. The molecule has 0 spiro atoms. The average molecular weight is 377 g/mol. The van der Waals surface area contributed by atoms with Crippen LogP contribution in [0.25, 0.3) is 0 Å². The summed E-state index contributed by atoms with van der Waals surface area (Å²) in [5.74, 6) is 0.152. The van der Waals surface area contributed by atoms with E-state index >= 15 is 0 Å². The SMILES string of the molecule is O=C1c2cccnc2C2CN(S(=O)(=O)c3ccc(OCF)cc3)CCN12. The number of rotatable bonds is 4. The number of sulfonamides is 1. The van der Waals surface area contributed by atoms with Crippen LogP contribution in [0.1, 0.15) is 22.1 Å². The molecule has 4 rings (SSSR count). The third-order valence-corrected chi connectivity index (χ3v) is 6.55. The van der Waals surface area contributed by atoms with Crippen molar-refractivity contribution in [3.63, 3.8) is 0 Å². The lowest BCUT2D eigenvalue weighted by atomic mass is 10.1. The highest BCUT2D eigenvalue weighted by Crippen LogP contribution is 2.36. The van der Waals surface area contributed by atoms with E-state index in [9.17, 15) is 17.6 Å². The molecule has 136 valence electrons. The predicted octanol–water partition coefficient (Wildman–Crippen LogP) is 1.59. The van der Waals surface area contributed by atoms with Gasteiger partial charge in [0.2, 0.25) is 16.9 Å². The van der Waals surface area contributed by atoms with Crippen LogP contribution in [-0.2, 0) is 10.0 Å². The normalized spacial score (nSPS) is 20.0. The third kappa shape index (κ3) is 2.63. The van der Waals surface area contributed by atoms with Crippen LogP contribution >= 0.6 is 0 Å². The Kier molecular flexibility index (Phi) is 4.12. The van der Waals surface area contributed by atoms with E-state index in [1.165, 1.54) is 28.6 Å². The Labute approximate surface area is 150 Å². The molecule has 7 nitrogen and oxygen atoms in total. The Balaban J connectivity index is 1.60. The Morgan fingerprint density at radius 3 is 2.69 bits per heavy atom. The molecule has 1 saturated heterocycles. The van der Waals surface area contributed by atoms with E-state index in [4.69, 9.17) is 4.74 Å². The summed E-state index contributed by atoms with van der Waals surface area (Å²) in [5.41, 5.74) is 1.15. The molecule has 1 unspecified atom stereocenters. The number of fused-ring (bicyclic) bond motifs is 3. The fourth-order valence-electron chi connectivity index (χ4n) is 3.39. The predicted molar refractivity (Wildman–Crippen MR) is 89.8 cm³/mol. The van der Waals surface area contributed by atoms with Crippen LogP contribution in [0.3, 0.4) is 0 Å². The lowest BCUT2D eigenvalue weighted by Gasteiger charge is -2.36. The van der Waals surface area contributed by atoms with Crippen LogP contribution in [0.2, 0.25) is 0 Å². The molecule has 0 aliphatic carbocycles. The molecule has 26 heavy (non-hydrogen) atoms. The maximum atomic E-state index is 12.9. The number of aromatic nitrogens is 1. The molecular weight excluding hydrogens is 361 g/mol. The summed E-state index contributed by atoms with van der Waals surface area (Å²) in [6.45, 7) is -0.305. The molecule has 3 heterocycles. The Morgan fingerprint density at radius 1 is 1.19 bits per heavy atom. The highest BCUT2D eigenvalue weighted by atomic mass is 32.2. The topological polar surface area (TPSA) is 79.8 Å². The van der Waals surface area contributed by atoms with E-state index in [0.717, 1.165) is 0 Å². The number of hydrogen-bond donors (Lipinski definition) is 0. The van der Waals surface area contributed by atoms with Gasteiger partial charge in [-0.15, -0.1) is 0 Å². The van der Waals surface area contributed by atoms with Crippen molar-refractivity contribution in [2.45, 2.75) is 10.9 Å². The Morgan fingerprint density at radius 2 is 1.96 bits per heavy atom. The third-order valence-electron chi connectivity index (χ3n) is 4.67. The minimum absolute atomic E-state index is 0.0997. The molecule has 2 aliphatic heterocycles. The number of piperazine rings is 1. The van der Waals surface area contributed by atoms with Crippen LogP contribution in [0.15, 0.2) is 47.5 Å². The second-order valence-electron chi connectivity index (χ2n) is 6.04. The minimum Gasteiger partial charge on any atom is -0.463 e. The number of nitrogens with zero attached hydrogens (tertiary/aromatic N) is 3. The minimum atomic E-state index is -3.73. The number of alkyl halides is 1. The monoisotopic (exact) mass is 377 g/mol. The van der Waals surface area contributed by atoms with Gasteiger partial charge in [0.15, 0.2) is 0 Å². The fourth-order valence-corrected chi connectivity index (χ4v) is 4.83. The molecule has 2 aliphatic rings. The lowest BCUT2D eigenvalue weighted by Crippen LogP contribution is -2.49. The van der Waals surface area contributed by atoms with Crippen molar-refractivity contribution in [2.75, 3.05) is 26.5 Å². The highest BCUT2D eigenvalue weighted by molar-refractivity contribution is 7.89. The Bertz CT molecular complexity index is 949. The number of carbonyl (C=O) groups is 1. The van der Waals surface area contributed by atoms with E-state index in [1.807, 2.05) is 0 Å². The second-order valence-corrected chi connectivity index (χ2v) is 7.98. The average Bonchev–Trinajstić information content (AvgIpc) is 2.95. The van der Waals surface area contributed by atoms with E-state index in [0.29, 0.717) is 17.8 Å². The van der Waals surface area contributed by atoms with Crippen molar-refractivity contribution in [1.82, 2.24) is 14.2 Å². The molecule has 1 aromatic carbocycles. The van der Waals surface area contributed by atoms with Crippen molar-refractivity contribution in [3.8, 4) is 5.75 Å². The lowest BCUT2D eigenvalue weighted by molar-refractivity contribution is 0.0625. The van der Waals surface area contributed by atoms with Crippen LogP contribution in [0, 0.1) is 0 Å². The smallest absolute Gasteiger partial charge is 0.256 e. The maximum Gasteiger partial charge on any atom is 0.256 e. The van der Waals surface area contributed by atoms with Gasteiger partial charge in [-0.25, -0.2) is 12.8 Å². The number of hydrogen-bond acceptors (Lipinski definition) is 5. The molecule has 0 N–H and O–H groups in total. The van der Waals surface area contributed by atoms with Gasteiger partial charge in [-0.05, 0) is 36.4 Å². The standard InChI is InChI=1S/C17H16FN3O4S/c18-11-25-12-3-5-13(6-4-12)26(23,24)20-8-9-21-15(10-20)16-14(17(21)22)2-1-7-19-16/h1-7,15H,8-11H2. The summed E-state index contributed by atoms with van der Waals surface area (Å²) in [6.07, 6.45) is 1.60. The number of amides is 1. The molecule has 9 heteroatoms. The van der Waals surface area contributed by atoms with Gasteiger partial charge in [0.25, 0.3) is 5.91 Å². The van der Waals surface area contributed by atoms with Gasteiger partial charge in [-0.3, -0.25) is 9.78 Å². The second kappa shape index (κ2) is 6.33. The van der Waals surface area contributed by atoms with Gasteiger partial charge in [0.1, 0.15) is 5.75 Å². The molecule has 1 atom stereocenters. The molecular formula is C17H16FN3O4S. The van der Waals surface area contributed by atoms with Crippen LogP contribution in [0.4, 0.5) is 4.39 Å². The van der Waals surface area contributed by atoms with Crippen molar-refractivity contribution < 1.29 is 22.3 Å². The van der Waals surface area contributed by atoms with Crippen LogP contribution in [0.5, 0.6) is 5.75 Å². The van der Waals surface area contributed by atoms with Gasteiger partial charge in [-0.2, -0.15) is 4.31 Å². The van der Waals surface area contributed by atoms with E-state index in [-0.39, 0.29) is 35.7 Å². The van der Waals surface area contributed by atoms with Crippen LogP contribution < -0.4 is 4.74 Å². The van der Waals surface area contributed by atoms with Crippen molar-refractivity contribution in [3.05, 3.63) is 53.9 Å². The van der Waals surface area contributed by atoms with Gasteiger partial charge in [0.05, 0.1) is 22.2 Å². The van der Waals surface area contributed by atoms with Crippen molar-refractivity contribution in [2.24, 2.45) is 0 Å². The first kappa shape index (κ1) is 16.9. The zero-order valence-electron chi connectivity index (χ0n) is 13.7. The summed E-state index contributed by atoms with van der Waals surface area (Å²) in [5, 5.41) is 0. The molecule has 0 radical (unpaired) electrons. The number of pyridine rings is 1. The van der Waals surface area contributed by atoms with Gasteiger partial charge in [0, 0.05) is 25.8 Å². The van der Waals surface area contributed by atoms with E-state index in [1.54, 1.807) is 23.2 Å². The molecule has 2 aromatic rings. The molecule has 1 fully saturated rings. The van der Waals surface area contributed by atoms with Crippen molar-refractivity contribution in [1.29, 1.82) is 0 Å². The number of benzene rings is 1. The van der Waals surface area contributed by atoms with Gasteiger partial charge in [-0.1, -0.05) is 0 Å². The number of ether oxygens (including phenoxy) is 1. The fraction of sp³-hybridized carbons (Fsp3) is 0.294. The first-order valence-electron chi connectivity index (χ1n) is 8.07. The molecule has 0 saturated carbocycles. The van der Waals surface area contributed by atoms with Gasteiger partial charge >= 0.3 is 0 Å². The zero-order valence-corrected chi connectivity index (χ0v) is 14.5. The Hall–Kier alpha value is -2.52. The molecule has 1 amide bonds. The quantitative estimate of drug-likeness (QED) is 0.808. The van der Waals surface area contributed by atoms with Crippen LogP contribution in [-0.4, -0.2) is 55.0 Å². The molecule has 0 bridgehead atoms. The zero-order chi connectivity index (χ0) is 18.3. The van der Waals surface area contributed by atoms with Gasteiger partial charge < -0.3 is 9.64 Å². The van der Waals surface area contributed by atoms with Crippen molar-refractivity contribution >= 4 is 15.9 Å². The highest BCUT2D eigenvalue weighted by Gasteiger charge is 2.44. The summed E-state index contributed by atoms with van der Waals surface area (Å²) in [7, 11) is -3.73. The first-order valence-corrected chi connectivity index (χ1v) is 9.51. The summed E-state index contributed by atoms with van der Waals surface area (Å²) < 4.78 is 44.1.